The Bertz CT molecular complexity index is 657. The van der Waals surface area contributed by atoms with Crippen molar-refractivity contribution in [1.29, 1.82) is 0 Å². The Morgan fingerprint density at radius 2 is 2.32 bits per heavy atom. The van der Waals surface area contributed by atoms with Gasteiger partial charge in [0.15, 0.2) is 0 Å². The van der Waals surface area contributed by atoms with Crippen molar-refractivity contribution in [3.05, 3.63) is 46.7 Å². The molecule has 3 rings (SSSR count). The van der Waals surface area contributed by atoms with Crippen molar-refractivity contribution in [1.82, 2.24) is 15.5 Å². The fourth-order valence-electron chi connectivity index (χ4n) is 3.47. The third-order valence-corrected chi connectivity index (χ3v) is 5.21. The first-order chi connectivity index (χ1) is 12.0. The zero-order valence-corrected chi connectivity index (χ0v) is 15.8. The molecule has 2 aliphatic heterocycles. The second kappa shape index (κ2) is 7.77. The van der Waals surface area contributed by atoms with Gasteiger partial charge in [0.2, 0.25) is 5.79 Å². The zero-order chi connectivity index (χ0) is 17.9. The van der Waals surface area contributed by atoms with Crippen LogP contribution < -0.4 is 16.4 Å². The van der Waals surface area contributed by atoms with E-state index >= 15 is 0 Å². The van der Waals surface area contributed by atoms with Crippen molar-refractivity contribution in [2.24, 2.45) is 16.6 Å². The number of aliphatic imine (C=N–C) groups is 1. The standard InChI is InChI=1S/C19H28ClN5/c1-14(2)25-10-4-5-15(13-25)12-22-18-8-9-23-19(21,24-18)16-6-3-7-17(20)11-16/h3,6-9,11,14-15,22,24H,4-5,10,12-13,21H2,1-2H3. The number of nitrogens with two attached hydrogens (primary N) is 1. The molecule has 0 radical (unpaired) electrons. The number of nitrogens with one attached hydrogen (secondary N) is 2. The summed E-state index contributed by atoms with van der Waals surface area (Å²) in [5.41, 5.74) is 7.29. The fourth-order valence-corrected chi connectivity index (χ4v) is 3.66. The van der Waals surface area contributed by atoms with Crippen LogP contribution in [0.25, 0.3) is 0 Å². The molecule has 0 amide bonds. The Kier molecular flexibility index (Phi) is 5.67. The molecule has 1 aromatic rings. The average molecular weight is 362 g/mol. The first-order valence-corrected chi connectivity index (χ1v) is 9.40. The Labute approximate surface area is 155 Å². The highest BCUT2D eigenvalue weighted by Crippen LogP contribution is 2.23. The lowest BCUT2D eigenvalue weighted by molar-refractivity contribution is 0.139. The lowest BCUT2D eigenvalue weighted by atomic mass is 9.97. The number of allylic oxidation sites excluding steroid dienone is 1. The minimum Gasteiger partial charge on any atom is -0.371 e. The summed E-state index contributed by atoms with van der Waals surface area (Å²) in [5, 5.41) is 7.47. The molecule has 0 aromatic heterocycles. The van der Waals surface area contributed by atoms with Gasteiger partial charge in [-0.25, -0.2) is 4.99 Å². The Morgan fingerprint density at radius 3 is 3.08 bits per heavy atom. The molecule has 1 fully saturated rings. The van der Waals surface area contributed by atoms with Gasteiger partial charge in [0, 0.05) is 35.9 Å². The molecule has 6 heteroatoms. The minimum atomic E-state index is -0.988. The molecule has 2 heterocycles. The third kappa shape index (κ3) is 4.54. The highest BCUT2D eigenvalue weighted by molar-refractivity contribution is 6.30. The van der Waals surface area contributed by atoms with Crippen LogP contribution in [-0.2, 0) is 5.79 Å². The molecule has 25 heavy (non-hydrogen) atoms. The van der Waals surface area contributed by atoms with E-state index in [-0.39, 0.29) is 0 Å². The van der Waals surface area contributed by atoms with E-state index in [1.807, 2.05) is 30.3 Å². The maximum atomic E-state index is 6.45. The molecule has 1 saturated heterocycles. The van der Waals surface area contributed by atoms with Crippen LogP contribution in [0.3, 0.4) is 0 Å². The van der Waals surface area contributed by atoms with Gasteiger partial charge in [0.25, 0.3) is 0 Å². The predicted octanol–water partition coefficient (Wildman–Crippen LogP) is 2.63. The summed E-state index contributed by atoms with van der Waals surface area (Å²) in [6.07, 6.45) is 6.21. The van der Waals surface area contributed by atoms with Crippen molar-refractivity contribution in [2.75, 3.05) is 19.6 Å². The van der Waals surface area contributed by atoms with Gasteiger partial charge < -0.3 is 15.5 Å². The third-order valence-electron chi connectivity index (χ3n) is 4.97. The van der Waals surface area contributed by atoms with E-state index < -0.39 is 5.79 Å². The minimum absolute atomic E-state index is 0.612. The Hall–Kier alpha value is -1.56. The molecule has 136 valence electrons. The smallest absolute Gasteiger partial charge is 0.210 e. The Balaban J connectivity index is 1.59. The monoisotopic (exact) mass is 361 g/mol. The summed E-state index contributed by atoms with van der Waals surface area (Å²) in [6, 6.07) is 8.11. The van der Waals surface area contributed by atoms with Gasteiger partial charge >= 0.3 is 0 Å². The van der Waals surface area contributed by atoms with Crippen molar-refractivity contribution in [3.8, 4) is 0 Å². The summed E-state index contributed by atoms with van der Waals surface area (Å²) < 4.78 is 0. The van der Waals surface area contributed by atoms with Crippen LogP contribution in [0.15, 0.2) is 41.2 Å². The number of likely N-dealkylation sites (tertiary alicyclic amines) is 1. The summed E-state index contributed by atoms with van der Waals surface area (Å²) in [5.74, 6) is 0.564. The number of nitrogens with zero attached hydrogens (tertiary/aromatic N) is 2. The van der Waals surface area contributed by atoms with Crippen molar-refractivity contribution in [3.63, 3.8) is 0 Å². The van der Waals surface area contributed by atoms with Gasteiger partial charge in [-0.1, -0.05) is 23.7 Å². The molecule has 2 unspecified atom stereocenters. The number of hydrogen-bond donors (Lipinski definition) is 3. The molecule has 0 spiro atoms. The first-order valence-electron chi connectivity index (χ1n) is 9.03. The van der Waals surface area contributed by atoms with Gasteiger partial charge in [-0.15, -0.1) is 0 Å². The summed E-state index contributed by atoms with van der Waals surface area (Å²) in [7, 11) is 0. The maximum absolute atomic E-state index is 6.45. The SMILES string of the molecule is CC(C)N1CCCC(CNC2=CC=NC(N)(c3cccc(Cl)c3)N2)C1. The van der Waals surface area contributed by atoms with E-state index in [2.05, 4.69) is 34.4 Å². The van der Waals surface area contributed by atoms with Crippen molar-refractivity contribution < 1.29 is 0 Å². The topological polar surface area (TPSA) is 65.7 Å². The van der Waals surface area contributed by atoms with Gasteiger partial charge in [-0.2, -0.15) is 0 Å². The van der Waals surface area contributed by atoms with Crippen molar-refractivity contribution >= 4 is 17.8 Å². The van der Waals surface area contributed by atoms with E-state index in [0.29, 0.717) is 17.0 Å². The largest absolute Gasteiger partial charge is 0.371 e. The maximum Gasteiger partial charge on any atom is 0.210 e. The number of hydrogen-bond acceptors (Lipinski definition) is 5. The molecular weight excluding hydrogens is 334 g/mol. The van der Waals surface area contributed by atoms with Gasteiger partial charge in [0.1, 0.15) is 5.82 Å². The first kappa shape index (κ1) is 18.2. The van der Waals surface area contributed by atoms with Crippen LogP contribution in [0, 0.1) is 5.92 Å². The fraction of sp³-hybridized carbons (Fsp3) is 0.526. The lowest BCUT2D eigenvalue weighted by Crippen LogP contribution is -2.53. The molecule has 0 aliphatic carbocycles. The van der Waals surface area contributed by atoms with Crippen LogP contribution in [0.1, 0.15) is 32.3 Å². The highest BCUT2D eigenvalue weighted by Gasteiger charge is 2.29. The summed E-state index contributed by atoms with van der Waals surface area (Å²) >= 11 is 6.09. The van der Waals surface area contributed by atoms with E-state index in [1.54, 1.807) is 6.21 Å². The quantitative estimate of drug-likeness (QED) is 0.754. The zero-order valence-electron chi connectivity index (χ0n) is 15.0. The molecule has 5 nitrogen and oxygen atoms in total. The Morgan fingerprint density at radius 1 is 1.48 bits per heavy atom. The summed E-state index contributed by atoms with van der Waals surface area (Å²) in [6.45, 7) is 7.83. The second-order valence-corrected chi connectivity index (χ2v) is 7.67. The predicted molar refractivity (Wildman–Crippen MR) is 104 cm³/mol. The van der Waals surface area contributed by atoms with E-state index in [1.165, 1.54) is 19.4 Å². The molecule has 1 aromatic carbocycles. The normalized spacial score (nSPS) is 27.1. The molecule has 0 bridgehead atoms. The molecular formula is C19H28ClN5. The highest BCUT2D eigenvalue weighted by atomic mass is 35.5. The molecule has 2 aliphatic rings. The van der Waals surface area contributed by atoms with Crippen LogP contribution in [0.5, 0.6) is 0 Å². The van der Waals surface area contributed by atoms with Crippen LogP contribution in [0.2, 0.25) is 5.02 Å². The summed E-state index contributed by atoms with van der Waals surface area (Å²) in [4.78, 5) is 6.97. The van der Waals surface area contributed by atoms with Gasteiger partial charge in [-0.05, 0) is 57.4 Å². The second-order valence-electron chi connectivity index (χ2n) is 7.24. The number of rotatable bonds is 5. The van der Waals surface area contributed by atoms with Crippen LogP contribution in [0.4, 0.5) is 0 Å². The van der Waals surface area contributed by atoms with Gasteiger partial charge in [-0.3, -0.25) is 5.73 Å². The van der Waals surface area contributed by atoms with Crippen LogP contribution in [-0.4, -0.2) is 36.8 Å². The number of halogens is 1. The molecule has 0 saturated carbocycles. The van der Waals surface area contributed by atoms with E-state index in [0.717, 1.165) is 24.5 Å². The number of benzene rings is 1. The lowest BCUT2D eigenvalue weighted by Gasteiger charge is -2.36. The number of piperidine rings is 1. The van der Waals surface area contributed by atoms with Crippen LogP contribution >= 0.6 is 11.6 Å². The van der Waals surface area contributed by atoms with Gasteiger partial charge in [0.05, 0.1) is 0 Å². The molecule has 2 atom stereocenters. The van der Waals surface area contributed by atoms with E-state index in [9.17, 15) is 0 Å². The van der Waals surface area contributed by atoms with E-state index in [4.69, 9.17) is 17.3 Å². The average Bonchev–Trinajstić information content (AvgIpc) is 2.60. The van der Waals surface area contributed by atoms with Crippen molar-refractivity contribution in [2.45, 2.75) is 38.5 Å². The molecule has 4 N–H and O–H groups in total.